The number of ether oxygens (including phenoxy) is 1. The summed E-state index contributed by atoms with van der Waals surface area (Å²) in [6, 6.07) is 4.75. The average molecular weight is 298 g/mol. The predicted molar refractivity (Wildman–Crippen MR) is 84.2 cm³/mol. The van der Waals surface area contributed by atoms with Crippen LogP contribution in [0, 0.1) is 0 Å². The number of aliphatic hydroxyl groups is 1. The molecule has 1 heterocycles. The molecule has 1 rings (SSSR count). The first-order chi connectivity index (χ1) is 10.0. The molecule has 5 heteroatoms. The molecule has 21 heavy (non-hydrogen) atoms. The topological polar surface area (TPSA) is 57.9 Å². The van der Waals surface area contributed by atoms with E-state index in [9.17, 15) is 5.11 Å². The van der Waals surface area contributed by atoms with E-state index < -0.39 is 6.10 Å². The number of hydrogen-bond acceptors (Lipinski definition) is 5. The van der Waals surface area contributed by atoms with Gasteiger partial charge in [-0.15, -0.1) is 0 Å². The maximum atomic E-state index is 9.83. The molecule has 0 fully saturated rings. The summed E-state index contributed by atoms with van der Waals surface area (Å²) in [5.41, 5.74) is 0. The molecule has 0 saturated carbocycles. The molecular formula is C16H30N2O3. The molecule has 122 valence electrons. The maximum absolute atomic E-state index is 9.83. The Kier molecular flexibility index (Phi) is 8.61. The Labute approximate surface area is 128 Å². The Balaban J connectivity index is 2.06. The summed E-state index contributed by atoms with van der Waals surface area (Å²) in [5, 5.41) is 13.1. The highest BCUT2D eigenvalue weighted by Gasteiger charge is 2.12. The second kappa shape index (κ2) is 9.95. The molecule has 0 aliphatic carbocycles. The van der Waals surface area contributed by atoms with Crippen molar-refractivity contribution in [3.63, 3.8) is 0 Å². The Morgan fingerprint density at radius 1 is 1.29 bits per heavy atom. The molecule has 0 radical (unpaired) electrons. The van der Waals surface area contributed by atoms with E-state index >= 15 is 0 Å². The fourth-order valence-electron chi connectivity index (χ4n) is 2.34. The van der Waals surface area contributed by atoms with Crippen molar-refractivity contribution in [2.24, 2.45) is 0 Å². The van der Waals surface area contributed by atoms with Crippen LogP contribution in [0.15, 0.2) is 22.8 Å². The van der Waals surface area contributed by atoms with Crippen molar-refractivity contribution in [1.29, 1.82) is 0 Å². The van der Waals surface area contributed by atoms with Crippen molar-refractivity contribution in [3.05, 3.63) is 24.2 Å². The van der Waals surface area contributed by atoms with E-state index in [-0.39, 0.29) is 0 Å². The van der Waals surface area contributed by atoms with Crippen molar-refractivity contribution < 1.29 is 14.3 Å². The van der Waals surface area contributed by atoms with Crippen LogP contribution in [0.1, 0.15) is 33.5 Å². The standard InChI is InChI=1S/C16H30N2O3/c1-13(2)18(14(3)4)8-7-17-10-15(19)11-20-12-16-6-5-9-21-16/h5-6,9,13-15,17,19H,7-8,10-12H2,1-4H3. The van der Waals surface area contributed by atoms with Gasteiger partial charge in [0.25, 0.3) is 0 Å². The molecule has 0 amide bonds. The summed E-state index contributed by atoms with van der Waals surface area (Å²) in [5.74, 6) is 0.777. The summed E-state index contributed by atoms with van der Waals surface area (Å²) in [7, 11) is 0. The van der Waals surface area contributed by atoms with Crippen LogP contribution in [0.5, 0.6) is 0 Å². The summed E-state index contributed by atoms with van der Waals surface area (Å²) >= 11 is 0. The highest BCUT2D eigenvalue weighted by molar-refractivity contribution is 4.96. The first kappa shape index (κ1) is 18.2. The van der Waals surface area contributed by atoms with E-state index in [1.807, 2.05) is 12.1 Å². The number of nitrogens with zero attached hydrogens (tertiary/aromatic N) is 1. The third kappa shape index (κ3) is 7.62. The second-order valence-electron chi connectivity index (χ2n) is 5.88. The van der Waals surface area contributed by atoms with Crippen molar-refractivity contribution in [3.8, 4) is 0 Å². The molecule has 1 aromatic rings. The molecule has 5 nitrogen and oxygen atoms in total. The molecule has 0 bridgehead atoms. The van der Waals surface area contributed by atoms with Crippen LogP contribution in [-0.2, 0) is 11.3 Å². The Hall–Kier alpha value is -0.880. The van der Waals surface area contributed by atoms with E-state index in [4.69, 9.17) is 9.15 Å². The molecule has 0 aliphatic rings. The lowest BCUT2D eigenvalue weighted by Crippen LogP contribution is -2.42. The van der Waals surface area contributed by atoms with Gasteiger partial charge in [0.2, 0.25) is 0 Å². The Morgan fingerprint density at radius 3 is 2.57 bits per heavy atom. The van der Waals surface area contributed by atoms with Crippen molar-refractivity contribution in [1.82, 2.24) is 10.2 Å². The van der Waals surface area contributed by atoms with E-state index in [1.54, 1.807) is 6.26 Å². The largest absolute Gasteiger partial charge is 0.467 e. The van der Waals surface area contributed by atoms with Gasteiger partial charge in [-0.1, -0.05) is 0 Å². The molecule has 1 atom stereocenters. The van der Waals surface area contributed by atoms with E-state index in [0.717, 1.165) is 18.8 Å². The minimum Gasteiger partial charge on any atom is -0.467 e. The zero-order chi connectivity index (χ0) is 15.7. The Morgan fingerprint density at radius 2 is 2.00 bits per heavy atom. The van der Waals surface area contributed by atoms with Gasteiger partial charge in [0.05, 0.1) is 19.0 Å². The number of hydrogen-bond donors (Lipinski definition) is 2. The van der Waals surface area contributed by atoms with Gasteiger partial charge in [0.1, 0.15) is 12.4 Å². The van der Waals surface area contributed by atoms with Crippen LogP contribution in [-0.4, -0.2) is 54.4 Å². The van der Waals surface area contributed by atoms with Crippen molar-refractivity contribution >= 4 is 0 Å². The summed E-state index contributed by atoms with van der Waals surface area (Å²) in [4.78, 5) is 2.42. The minimum atomic E-state index is -0.494. The quantitative estimate of drug-likeness (QED) is 0.611. The lowest BCUT2D eigenvalue weighted by atomic mass is 10.2. The van der Waals surface area contributed by atoms with Gasteiger partial charge < -0.3 is 19.6 Å². The lowest BCUT2D eigenvalue weighted by molar-refractivity contribution is 0.0223. The highest BCUT2D eigenvalue weighted by Crippen LogP contribution is 2.03. The zero-order valence-corrected chi connectivity index (χ0v) is 13.7. The summed E-state index contributed by atoms with van der Waals surface area (Å²) < 4.78 is 10.6. The van der Waals surface area contributed by atoms with Crippen molar-refractivity contribution in [2.45, 2.75) is 52.5 Å². The van der Waals surface area contributed by atoms with Gasteiger partial charge in [-0.05, 0) is 39.8 Å². The fourth-order valence-corrected chi connectivity index (χ4v) is 2.34. The molecule has 0 saturated heterocycles. The molecule has 2 N–H and O–H groups in total. The first-order valence-electron chi connectivity index (χ1n) is 7.75. The van der Waals surface area contributed by atoms with Crippen LogP contribution in [0.4, 0.5) is 0 Å². The summed E-state index contributed by atoms with van der Waals surface area (Å²) in [6.07, 6.45) is 1.12. The van der Waals surface area contributed by atoms with Crippen LogP contribution >= 0.6 is 0 Å². The lowest BCUT2D eigenvalue weighted by Gasteiger charge is -2.30. The molecular weight excluding hydrogens is 268 g/mol. The number of rotatable bonds is 11. The van der Waals surface area contributed by atoms with Gasteiger partial charge in [-0.3, -0.25) is 4.90 Å². The minimum absolute atomic E-state index is 0.311. The van der Waals surface area contributed by atoms with Gasteiger partial charge in [0.15, 0.2) is 0 Å². The molecule has 1 unspecified atom stereocenters. The first-order valence-corrected chi connectivity index (χ1v) is 7.75. The van der Waals surface area contributed by atoms with E-state index in [1.165, 1.54) is 0 Å². The molecule has 0 aliphatic heterocycles. The van der Waals surface area contributed by atoms with E-state index in [0.29, 0.717) is 31.8 Å². The zero-order valence-electron chi connectivity index (χ0n) is 13.7. The van der Waals surface area contributed by atoms with Crippen LogP contribution < -0.4 is 5.32 Å². The normalized spacial score (nSPS) is 13.5. The predicted octanol–water partition coefficient (Wildman–Crippen LogP) is 1.87. The monoisotopic (exact) mass is 298 g/mol. The molecule has 0 aromatic carbocycles. The highest BCUT2D eigenvalue weighted by atomic mass is 16.5. The van der Waals surface area contributed by atoms with E-state index in [2.05, 4.69) is 37.9 Å². The maximum Gasteiger partial charge on any atom is 0.129 e. The van der Waals surface area contributed by atoms with Crippen molar-refractivity contribution in [2.75, 3.05) is 26.2 Å². The van der Waals surface area contributed by atoms with Gasteiger partial charge >= 0.3 is 0 Å². The molecule has 1 aromatic heterocycles. The number of nitrogens with one attached hydrogen (secondary N) is 1. The van der Waals surface area contributed by atoms with Gasteiger partial charge in [-0.25, -0.2) is 0 Å². The third-order valence-corrected chi connectivity index (χ3v) is 3.39. The van der Waals surface area contributed by atoms with Crippen LogP contribution in [0.25, 0.3) is 0 Å². The van der Waals surface area contributed by atoms with Gasteiger partial charge in [0, 0.05) is 31.7 Å². The SMILES string of the molecule is CC(C)N(CCNCC(O)COCc1ccco1)C(C)C. The van der Waals surface area contributed by atoms with Gasteiger partial charge in [-0.2, -0.15) is 0 Å². The third-order valence-electron chi connectivity index (χ3n) is 3.39. The smallest absolute Gasteiger partial charge is 0.129 e. The Bertz CT molecular complexity index is 344. The molecule has 0 spiro atoms. The average Bonchev–Trinajstić information content (AvgIpc) is 2.90. The fraction of sp³-hybridized carbons (Fsp3) is 0.750. The van der Waals surface area contributed by atoms with Crippen LogP contribution in [0.2, 0.25) is 0 Å². The second-order valence-corrected chi connectivity index (χ2v) is 5.88. The number of furan rings is 1. The summed E-state index contributed by atoms with van der Waals surface area (Å²) in [6.45, 7) is 11.9. The number of aliphatic hydroxyl groups excluding tert-OH is 1. The van der Waals surface area contributed by atoms with Crippen LogP contribution in [0.3, 0.4) is 0 Å².